The molecule has 52 valence electrons. The van der Waals surface area contributed by atoms with Gasteiger partial charge in [-0.25, -0.2) is 0 Å². The smallest absolute Gasteiger partial charge is 1.00 e. The second kappa shape index (κ2) is 11.3. The van der Waals surface area contributed by atoms with Gasteiger partial charge < -0.3 is 7.65 Å². The molecule has 0 aliphatic rings. The zero-order chi connectivity index (χ0) is 6.24. The van der Waals surface area contributed by atoms with E-state index in [1.54, 1.807) is 0 Å². The van der Waals surface area contributed by atoms with E-state index < -0.39 is 0 Å². The molecule has 0 rings (SSSR count). The molecule has 0 saturated heterocycles. The summed E-state index contributed by atoms with van der Waals surface area (Å²) in [6.45, 7) is 2.17. The van der Waals surface area contributed by atoms with Gasteiger partial charge in [0.05, 0.1) is 0 Å². The third kappa shape index (κ3) is 11.8. The second-order valence-electron chi connectivity index (χ2n) is 2.02. The normalized spacial score (nSPS) is 8.11. The maximum Gasteiger partial charge on any atom is 2.00 e. The van der Waals surface area contributed by atoms with Crippen molar-refractivity contribution in [3.05, 3.63) is 0 Å². The first-order valence-electron chi connectivity index (χ1n) is 3.35. The molecule has 0 saturated carbocycles. The minimum Gasteiger partial charge on any atom is -1.00 e. The van der Waals surface area contributed by atoms with E-state index in [1.165, 1.54) is 19.3 Å². The van der Waals surface area contributed by atoms with E-state index in [2.05, 4.69) is 6.92 Å². The van der Waals surface area contributed by atoms with Gasteiger partial charge in [-0.05, 0) is 6.42 Å². The third-order valence-electron chi connectivity index (χ3n) is 1.18. The Bertz CT molecular complexity index is 62.4. The van der Waals surface area contributed by atoms with Crippen LogP contribution in [0.5, 0.6) is 0 Å². The van der Waals surface area contributed by atoms with Crippen LogP contribution in [-0.4, -0.2) is 29.3 Å². The summed E-state index contributed by atoms with van der Waals surface area (Å²) in [4.78, 5) is 9.77. The minimum absolute atomic E-state index is 0. The molecular formula is C7H16MgO. The SMILES string of the molecule is CCCCCCC=O.[H-].[H-].[Mg+2]. The third-order valence-corrected chi connectivity index (χ3v) is 1.18. The van der Waals surface area contributed by atoms with Crippen LogP contribution >= 0.6 is 0 Å². The van der Waals surface area contributed by atoms with Gasteiger partial charge in [0.1, 0.15) is 6.29 Å². The summed E-state index contributed by atoms with van der Waals surface area (Å²) >= 11 is 0. The minimum atomic E-state index is 0. The molecule has 0 atom stereocenters. The molecule has 0 radical (unpaired) electrons. The molecule has 0 bridgehead atoms. The van der Waals surface area contributed by atoms with Gasteiger partial charge in [0.2, 0.25) is 0 Å². The largest absolute Gasteiger partial charge is 2.00 e. The molecule has 0 fully saturated rings. The van der Waals surface area contributed by atoms with Gasteiger partial charge in [-0.3, -0.25) is 0 Å². The Morgan fingerprint density at radius 3 is 2.44 bits per heavy atom. The predicted octanol–water partition coefficient (Wildman–Crippen LogP) is 2.00. The molecule has 0 amide bonds. The van der Waals surface area contributed by atoms with E-state index in [9.17, 15) is 4.79 Å². The maximum atomic E-state index is 9.77. The van der Waals surface area contributed by atoms with Gasteiger partial charge in [-0.15, -0.1) is 0 Å². The Kier molecular flexibility index (Phi) is 15.2. The molecule has 2 heteroatoms. The average Bonchev–Trinajstić information content (AvgIpc) is 1.81. The fourth-order valence-corrected chi connectivity index (χ4v) is 0.654. The first-order chi connectivity index (χ1) is 3.91. The molecule has 0 aliphatic heterocycles. The van der Waals surface area contributed by atoms with Crippen molar-refractivity contribution in [2.45, 2.75) is 39.0 Å². The summed E-state index contributed by atoms with van der Waals surface area (Å²) in [7, 11) is 0. The molecular weight excluding hydrogens is 124 g/mol. The maximum absolute atomic E-state index is 9.77. The molecule has 0 heterocycles. The number of hydrogen-bond acceptors (Lipinski definition) is 1. The van der Waals surface area contributed by atoms with Crippen LogP contribution in [0.4, 0.5) is 0 Å². The molecule has 9 heavy (non-hydrogen) atoms. The van der Waals surface area contributed by atoms with Crippen molar-refractivity contribution in [3.8, 4) is 0 Å². The van der Waals surface area contributed by atoms with Crippen LogP contribution < -0.4 is 0 Å². The van der Waals surface area contributed by atoms with Crippen molar-refractivity contribution in [2.75, 3.05) is 0 Å². The van der Waals surface area contributed by atoms with Crippen molar-refractivity contribution in [3.63, 3.8) is 0 Å². The Balaban J connectivity index is -0.0000000817. The molecule has 1 nitrogen and oxygen atoms in total. The Labute approximate surface area is 76.3 Å². The number of aldehydes is 1. The van der Waals surface area contributed by atoms with E-state index in [4.69, 9.17) is 0 Å². The van der Waals surface area contributed by atoms with Crippen molar-refractivity contribution in [2.24, 2.45) is 0 Å². The van der Waals surface area contributed by atoms with Gasteiger partial charge in [0.15, 0.2) is 0 Å². The summed E-state index contributed by atoms with van der Waals surface area (Å²) in [5, 5.41) is 0. The fraction of sp³-hybridized carbons (Fsp3) is 0.857. The van der Waals surface area contributed by atoms with Gasteiger partial charge in [0, 0.05) is 6.42 Å². The van der Waals surface area contributed by atoms with Crippen LogP contribution in [0.1, 0.15) is 41.9 Å². The Morgan fingerprint density at radius 2 is 2.00 bits per heavy atom. The van der Waals surface area contributed by atoms with Crippen LogP contribution in [0, 0.1) is 0 Å². The molecule has 0 spiro atoms. The van der Waals surface area contributed by atoms with E-state index in [0.717, 1.165) is 19.1 Å². The molecule has 0 N–H and O–H groups in total. The number of rotatable bonds is 5. The Morgan fingerprint density at radius 1 is 1.33 bits per heavy atom. The summed E-state index contributed by atoms with van der Waals surface area (Å²) in [6, 6.07) is 0. The molecule has 0 aromatic rings. The van der Waals surface area contributed by atoms with E-state index in [1.807, 2.05) is 0 Å². The van der Waals surface area contributed by atoms with Crippen LogP contribution in [-0.2, 0) is 4.79 Å². The standard InChI is InChI=1S/C7H14O.Mg.2H/c1-2-3-4-5-6-7-8;;;/h7H,2-6H2,1H3;;;/q;+2;2*-1. The average molecular weight is 141 g/mol. The molecule has 0 aromatic carbocycles. The quantitative estimate of drug-likeness (QED) is 0.324. The summed E-state index contributed by atoms with van der Waals surface area (Å²) in [5.74, 6) is 0. The van der Waals surface area contributed by atoms with Gasteiger partial charge in [0.25, 0.3) is 0 Å². The van der Waals surface area contributed by atoms with Gasteiger partial charge in [-0.2, -0.15) is 0 Å². The zero-order valence-electron chi connectivity index (χ0n) is 8.23. The van der Waals surface area contributed by atoms with Crippen LogP contribution in [0.25, 0.3) is 0 Å². The molecule has 0 aliphatic carbocycles. The van der Waals surface area contributed by atoms with E-state index in [0.29, 0.717) is 0 Å². The summed E-state index contributed by atoms with van der Waals surface area (Å²) < 4.78 is 0. The van der Waals surface area contributed by atoms with E-state index >= 15 is 0 Å². The van der Waals surface area contributed by atoms with Crippen LogP contribution in [0.3, 0.4) is 0 Å². The molecule has 0 unspecified atom stereocenters. The number of carbonyl (C=O) groups is 1. The van der Waals surface area contributed by atoms with Crippen molar-refractivity contribution < 1.29 is 7.65 Å². The van der Waals surface area contributed by atoms with Gasteiger partial charge in [-0.1, -0.05) is 26.2 Å². The first kappa shape index (κ1) is 12.1. The topological polar surface area (TPSA) is 17.1 Å². The monoisotopic (exact) mass is 140 g/mol. The predicted molar refractivity (Wildman–Crippen MR) is 42.8 cm³/mol. The van der Waals surface area contributed by atoms with Crippen LogP contribution in [0.2, 0.25) is 0 Å². The fourth-order valence-electron chi connectivity index (χ4n) is 0.654. The van der Waals surface area contributed by atoms with Gasteiger partial charge >= 0.3 is 23.1 Å². The van der Waals surface area contributed by atoms with Crippen LogP contribution in [0.15, 0.2) is 0 Å². The van der Waals surface area contributed by atoms with Crippen molar-refractivity contribution in [1.82, 2.24) is 0 Å². The van der Waals surface area contributed by atoms with Crippen molar-refractivity contribution >= 4 is 29.3 Å². The second-order valence-corrected chi connectivity index (χ2v) is 2.02. The number of unbranched alkanes of at least 4 members (excludes halogenated alkanes) is 4. The summed E-state index contributed by atoms with van der Waals surface area (Å²) in [5.41, 5.74) is 0. The summed E-state index contributed by atoms with van der Waals surface area (Å²) in [6.07, 6.45) is 6.56. The first-order valence-corrected chi connectivity index (χ1v) is 3.35. The number of hydrogen-bond donors (Lipinski definition) is 0. The van der Waals surface area contributed by atoms with E-state index in [-0.39, 0.29) is 25.9 Å². The Hall–Kier alpha value is 0.436. The zero-order valence-corrected chi connectivity index (χ0v) is 7.64. The van der Waals surface area contributed by atoms with Crippen molar-refractivity contribution in [1.29, 1.82) is 0 Å². The molecule has 0 aromatic heterocycles. The number of carbonyl (C=O) groups excluding carboxylic acids is 1.